The Morgan fingerprint density at radius 2 is 1.62 bits per heavy atom. The number of rotatable bonds is 9. The second-order valence-corrected chi connectivity index (χ2v) is 18.1. The topological polar surface area (TPSA) is 105 Å². The highest BCUT2D eigenvalue weighted by atomic mass is 16.6. The predicted molar refractivity (Wildman–Crippen MR) is 192 cm³/mol. The van der Waals surface area contributed by atoms with Gasteiger partial charge in [0.25, 0.3) is 0 Å². The van der Waals surface area contributed by atoms with E-state index in [-0.39, 0.29) is 53.5 Å². The first-order valence-electron chi connectivity index (χ1n) is 19.9. The molecule has 0 spiro atoms. The fraction of sp³-hybridized carbons (Fsp3) is 0.810. The van der Waals surface area contributed by atoms with E-state index in [9.17, 15) is 9.59 Å². The quantitative estimate of drug-likeness (QED) is 0.190. The lowest BCUT2D eigenvalue weighted by molar-refractivity contribution is -0.200. The van der Waals surface area contributed by atoms with Gasteiger partial charge in [-0.2, -0.15) is 0 Å². The Morgan fingerprint density at radius 3 is 2.40 bits per heavy atom. The van der Waals surface area contributed by atoms with Gasteiger partial charge in [-0.25, -0.2) is 4.79 Å². The molecule has 0 radical (unpaired) electrons. The van der Waals surface area contributed by atoms with Crippen LogP contribution in [0.25, 0.3) is 0 Å². The minimum atomic E-state index is -0.273. The summed E-state index contributed by atoms with van der Waals surface area (Å²) in [6, 6.07) is -0.244. The first kappa shape index (κ1) is 35.9. The maximum Gasteiger partial charge on any atom is 0.338 e. The van der Waals surface area contributed by atoms with Gasteiger partial charge in [0.15, 0.2) is 0 Å². The van der Waals surface area contributed by atoms with Crippen LogP contribution in [0.15, 0.2) is 36.0 Å². The van der Waals surface area contributed by atoms with Crippen molar-refractivity contribution in [2.24, 2.45) is 69.6 Å². The molecule has 48 heavy (non-hydrogen) atoms. The van der Waals surface area contributed by atoms with E-state index in [1.54, 1.807) is 0 Å². The van der Waals surface area contributed by atoms with Crippen LogP contribution in [0.2, 0.25) is 0 Å². The van der Waals surface area contributed by atoms with Crippen molar-refractivity contribution < 1.29 is 19.1 Å². The van der Waals surface area contributed by atoms with Gasteiger partial charge in [0, 0.05) is 18.0 Å². The molecular formula is C42H66N2O4. The summed E-state index contributed by atoms with van der Waals surface area (Å²) in [4.78, 5) is 27.2. The highest BCUT2D eigenvalue weighted by Crippen LogP contribution is 2.69. The number of ether oxygens (including phenoxy) is 2. The van der Waals surface area contributed by atoms with E-state index in [0.29, 0.717) is 35.2 Å². The zero-order valence-corrected chi connectivity index (χ0v) is 30.7. The molecule has 0 aromatic heterocycles. The molecule has 6 nitrogen and oxygen atoms in total. The Hall–Kier alpha value is -1.92. The smallest absolute Gasteiger partial charge is 0.338 e. The maximum absolute atomic E-state index is 14.0. The standard InChI is InChI=1S/C42H66N2O4/c1-26(2)10-8-11-27(3)34-16-17-35-33-25-38(48-40(46)28-12-6-7-14-30(43)22-28)37-24-32(47-39(45)29-13-9-15-31(44)23-29)18-20-42(37,5)36(33)19-21-41(34,35)4/h7,9,13-14,23,26-28,30-38H,6,8,10-12,15-22,24-25,43-44H2,1-5H3/t27?,28?,30?,31-,32?,33?,34?,35?,36?,37?,38?,41?,42?/m1/s1. The Balaban J connectivity index is 1.22. The molecule has 0 bridgehead atoms. The second-order valence-electron chi connectivity index (χ2n) is 18.1. The molecular weight excluding hydrogens is 596 g/mol. The highest BCUT2D eigenvalue weighted by Gasteiger charge is 2.63. The Kier molecular flexibility index (Phi) is 11.0. The van der Waals surface area contributed by atoms with Crippen molar-refractivity contribution in [3.63, 3.8) is 0 Å². The molecule has 0 aromatic rings. The molecule has 0 heterocycles. The van der Waals surface area contributed by atoms with Gasteiger partial charge in [-0.05, 0) is 123 Å². The van der Waals surface area contributed by atoms with Crippen LogP contribution in [0.1, 0.15) is 131 Å². The Morgan fingerprint density at radius 1 is 0.854 bits per heavy atom. The largest absolute Gasteiger partial charge is 0.462 e. The van der Waals surface area contributed by atoms with E-state index in [1.165, 1.54) is 44.9 Å². The molecule has 4 saturated carbocycles. The lowest BCUT2D eigenvalue weighted by atomic mass is 9.43. The van der Waals surface area contributed by atoms with Crippen LogP contribution in [0.4, 0.5) is 0 Å². The molecule has 268 valence electrons. The van der Waals surface area contributed by atoms with E-state index < -0.39 is 0 Å². The van der Waals surface area contributed by atoms with Gasteiger partial charge < -0.3 is 20.9 Å². The summed E-state index contributed by atoms with van der Waals surface area (Å²) < 4.78 is 12.9. The minimum Gasteiger partial charge on any atom is -0.462 e. The molecule has 6 heteroatoms. The lowest BCUT2D eigenvalue weighted by Gasteiger charge is -2.62. The van der Waals surface area contributed by atoms with Gasteiger partial charge >= 0.3 is 11.9 Å². The zero-order chi connectivity index (χ0) is 34.2. The first-order valence-corrected chi connectivity index (χ1v) is 19.9. The normalized spacial score (nSPS) is 43.0. The fourth-order valence-electron chi connectivity index (χ4n) is 12.1. The SMILES string of the molecule is CC(C)CCCC(C)C1CCC2C3CC(OC(=O)C4CCC=CC(N)C4)C4CC(OC(=O)C5=C[C@H](N)CC=C5)CCC4(C)C3CCC12C. The van der Waals surface area contributed by atoms with Crippen LogP contribution >= 0.6 is 0 Å². The zero-order valence-electron chi connectivity index (χ0n) is 30.7. The third kappa shape index (κ3) is 7.27. The van der Waals surface area contributed by atoms with Gasteiger partial charge in [-0.15, -0.1) is 0 Å². The van der Waals surface area contributed by atoms with Crippen molar-refractivity contribution in [1.82, 2.24) is 0 Å². The van der Waals surface area contributed by atoms with E-state index in [4.69, 9.17) is 20.9 Å². The van der Waals surface area contributed by atoms with Gasteiger partial charge in [0.05, 0.1) is 11.5 Å². The van der Waals surface area contributed by atoms with Crippen LogP contribution in [0, 0.1) is 58.2 Å². The van der Waals surface area contributed by atoms with Crippen molar-refractivity contribution in [1.29, 1.82) is 0 Å². The molecule has 12 unspecified atom stereocenters. The summed E-state index contributed by atoms with van der Waals surface area (Å²) >= 11 is 0. The first-order chi connectivity index (χ1) is 22.9. The summed E-state index contributed by atoms with van der Waals surface area (Å²) in [6.07, 6.45) is 25.4. The second kappa shape index (κ2) is 14.7. The molecule has 0 amide bonds. The number of carbonyl (C=O) groups is 2. The van der Waals surface area contributed by atoms with Gasteiger partial charge in [-0.3, -0.25) is 4.79 Å². The van der Waals surface area contributed by atoms with Gasteiger partial charge in [-0.1, -0.05) is 84.3 Å². The minimum absolute atomic E-state index is 0.0623. The molecule has 0 saturated heterocycles. The highest BCUT2D eigenvalue weighted by molar-refractivity contribution is 5.92. The average Bonchev–Trinajstić information content (AvgIpc) is 3.24. The third-order valence-corrected chi connectivity index (χ3v) is 14.6. The van der Waals surface area contributed by atoms with Gasteiger partial charge in [0.2, 0.25) is 0 Å². The van der Waals surface area contributed by atoms with Crippen molar-refractivity contribution in [2.45, 2.75) is 155 Å². The lowest BCUT2D eigenvalue weighted by Crippen LogP contribution is -2.59. The van der Waals surface area contributed by atoms with Crippen molar-refractivity contribution in [3.8, 4) is 0 Å². The van der Waals surface area contributed by atoms with E-state index in [0.717, 1.165) is 62.7 Å². The number of allylic oxidation sites excluding steroid dienone is 1. The van der Waals surface area contributed by atoms with E-state index >= 15 is 0 Å². The number of hydrogen-bond donors (Lipinski definition) is 2. The summed E-state index contributed by atoms with van der Waals surface area (Å²) in [5.41, 5.74) is 13.4. The molecule has 0 aromatic carbocycles. The Labute approximate surface area is 291 Å². The maximum atomic E-state index is 14.0. The van der Waals surface area contributed by atoms with Crippen LogP contribution in [-0.2, 0) is 19.1 Å². The van der Waals surface area contributed by atoms with Crippen molar-refractivity contribution >= 4 is 11.9 Å². The average molecular weight is 663 g/mol. The molecule has 0 aliphatic heterocycles. The van der Waals surface area contributed by atoms with Crippen LogP contribution in [-0.4, -0.2) is 36.2 Å². The molecule has 6 aliphatic rings. The molecule has 6 aliphatic carbocycles. The summed E-state index contributed by atoms with van der Waals surface area (Å²) in [7, 11) is 0. The third-order valence-electron chi connectivity index (χ3n) is 14.6. The van der Waals surface area contributed by atoms with Crippen molar-refractivity contribution in [3.05, 3.63) is 36.0 Å². The summed E-state index contributed by atoms with van der Waals surface area (Å²) in [5.74, 6) is 3.90. The molecule has 6 rings (SSSR count). The summed E-state index contributed by atoms with van der Waals surface area (Å²) in [5, 5.41) is 0. The van der Waals surface area contributed by atoms with Gasteiger partial charge in [0.1, 0.15) is 12.2 Å². The van der Waals surface area contributed by atoms with E-state index in [1.807, 2.05) is 24.3 Å². The Bertz CT molecular complexity index is 1260. The number of fused-ring (bicyclic) bond motifs is 5. The fourth-order valence-corrected chi connectivity index (χ4v) is 12.1. The number of hydrogen-bond acceptors (Lipinski definition) is 6. The molecule has 4 N–H and O–H groups in total. The molecule has 13 atom stereocenters. The predicted octanol–water partition coefficient (Wildman–Crippen LogP) is 8.44. The summed E-state index contributed by atoms with van der Waals surface area (Å²) in [6.45, 7) is 12.4. The molecule has 4 fully saturated rings. The van der Waals surface area contributed by atoms with Crippen LogP contribution in [0.3, 0.4) is 0 Å². The van der Waals surface area contributed by atoms with Crippen LogP contribution in [0.5, 0.6) is 0 Å². The number of carbonyl (C=O) groups excluding carboxylic acids is 2. The van der Waals surface area contributed by atoms with Crippen LogP contribution < -0.4 is 11.5 Å². The number of esters is 2. The monoisotopic (exact) mass is 663 g/mol. The number of nitrogens with two attached hydrogens (primary N) is 2. The van der Waals surface area contributed by atoms with E-state index in [2.05, 4.69) is 40.7 Å². The van der Waals surface area contributed by atoms with Crippen molar-refractivity contribution in [2.75, 3.05) is 0 Å².